The van der Waals surface area contributed by atoms with Gasteiger partial charge in [-0.15, -0.1) is 11.3 Å². The Bertz CT molecular complexity index is 657. The molecule has 0 saturated carbocycles. The summed E-state index contributed by atoms with van der Waals surface area (Å²) in [5.74, 6) is 0.499. The van der Waals surface area contributed by atoms with E-state index >= 15 is 0 Å². The van der Waals surface area contributed by atoms with Crippen molar-refractivity contribution in [1.82, 2.24) is 10.3 Å². The molecule has 0 aliphatic carbocycles. The van der Waals surface area contributed by atoms with Crippen molar-refractivity contribution in [2.45, 2.75) is 33.3 Å². The van der Waals surface area contributed by atoms with Crippen molar-refractivity contribution >= 4 is 28.8 Å². The van der Waals surface area contributed by atoms with Gasteiger partial charge >= 0.3 is 0 Å². The zero-order valence-corrected chi connectivity index (χ0v) is 14.4. The fraction of sp³-hybridized carbons (Fsp3) is 0.375. The summed E-state index contributed by atoms with van der Waals surface area (Å²) in [6.45, 7) is 6.15. The minimum atomic E-state index is -0.558. The van der Waals surface area contributed by atoms with E-state index in [4.69, 9.17) is 16.3 Å². The van der Waals surface area contributed by atoms with Crippen molar-refractivity contribution < 1.29 is 9.53 Å². The molecule has 1 atom stereocenters. The topological polar surface area (TPSA) is 51.2 Å². The molecule has 4 nitrogen and oxygen atoms in total. The van der Waals surface area contributed by atoms with Crippen molar-refractivity contribution in [3.05, 3.63) is 44.9 Å². The van der Waals surface area contributed by atoms with Crippen LogP contribution in [-0.2, 0) is 11.2 Å². The largest absolute Gasteiger partial charge is 0.481 e. The number of carbonyl (C=O) groups is 1. The Morgan fingerprint density at radius 1 is 1.45 bits per heavy atom. The summed E-state index contributed by atoms with van der Waals surface area (Å²) < 4.78 is 5.63. The van der Waals surface area contributed by atoms with E-state index in [9.17, 15) is 4.79 Å². The molecule has 2 rings (SSSR count). The number of halogens is 1. The number of aryl methyl sites for hydroxylation is 2. The first kappa shape index (κ1) is 16.8. The number of nitrogens with zero attached hydrogens (tertiary/aromatic N) is 1. The minimum absolute atomic E-state index is 0.139. The van der Waals surface area contributed by atoms with Crippen LogP contribution in [0.5, 0.6) is 5.75 Å². The molecule has 0 aliphatic heterocycles. The van der Waals surface area contributed by atoms with E-state index in [0.717, 1.165) is 22.7 Å². The predicted octanol–water partition coefficient (Wildman–Crippen LogP) is 3.54. The second-order valence-corrected chi connectivity index (χ2v) is 6.54. The fourth-order valence-electron chi connectivity index (χ4n) is 1.93. The van der Waals surface area contributed by atoms with Gasteiger partial charge in [0, 0.05) is 23.4 Å². The molecule has 0 saturated heterocycles. The third-order valence-electron chi connectivity index (χ3n) is 3.16. The molecule has 1 amide bonds. The Morgan fingerprint density at radius 2 is 2.23 bits per heavy atom. The smallest absolute Gasteiger partial charge is 0.260 e. The van der Waals surface area contributed by atoms with Crippen LogP contribution in [0.15, 0.2) is 23.6 Å². The molecule has 0 radical (unpaired) electrons. The molecule has 0 fully saturated rings. The quantitative estimate of drug-likeness (QED) is 0.876. The zero-order chi connectivity index (χ0) is 16.1. The highest BCUT2D eigenvalue weighted by atomic mass is 35.5. The lowest BCUT2D eigenvalue weighted by molar-refractivity contribution is -0.127. The molecular formula is C16H19ClN2O2S. The predicted molar refractivity (Wildman–Crippen MR) is 89.8 cm³/mol. The van der Waals surface area contributed by atoms with Gasteiger partial charge < -0.3 is 10.1 Å². The summed E-state index contributed by atoms with van der Waals surface area (Å²) in [5, 5.41) is 6.59. The first-order chi connectivity index (χ1) is 10.5. The summed E-state index contributed by atoms with van der Waals surface area (Å²) in [4.78, 5) is 16.4. The lowest BCUT2D eigenvalue weighted by Crippen LogP contribution is -2.37. The molecule has 6 heteroatoms. The van der Waals surface area contributed by atoms with E-state index in [0.29, 0.717) is 17.3 Å². The number of rotatable bonds is 6. The lowest BCUT2D eigenvalue weighted by atomic mass is 10.2. The highest BCUT2D eigenvalue weighted by Gasteiger charge is 2.14. The number of nitrogens with one attached hydrogen (secondary N) is 1. The lowest BCUT2D eigenvalue weighted by Gasteiger charge is -2.15. The highest BCUT2D eigenvalue weighted by Crippen LogP contribution is 2.21. The third kappa shape index (κ3) is 4.71. The van der Waals surface area contributed by atoms with E-state index in [1.165, 1.54) is 0 Å². The van der Waals surface area contributed by atoms with Crippen LogP contribution in [0.25, 0.3) is 0 Å². The van der Waals surface area contributed by atoms with Gasteiger partial charge in [0.25, 0.3) is 5.91 Å². The average molecular weight is 339 g/mol. The molecule has 2 aromatic rings. The number of amides is 1. The van der Waals surface area contributed by atoms with Gasteiger partial charge in [0.15, 0.2) is 6.10 Å². The summed E-state index contributed by atoms with van der Waals surface area (Å²) in [7, 11) is 0. The van der Waals surface area contributed by atoms with Gasteiger partial charge in [-0.05, 0) is 44.5 Å². The van der Waals surface area contributed by atoms with Gasteiger partial charge in [-0.3, -0.25) is 4.79 Å². The first-order valence-corrected chi connectivity index (χ1v) is 8.33. The van der Waals surface area contributed by atoms with Crippen LogP contribution >= 0.6 is 22.9 Å². The minimum Gasteiger partial charge on any atom is -0.481 e. The van der Waals surface area contributed by atoms with Crippen molar-refractivity contribution in [1.29, 1.82) is 0 Å². The molecule has 118 valence electrons. The van der Waals surface area contributed by atoms with Crippen LogP contribution in [-0.4, -0.2) is 23.5 Å². The van der Waals surface area contributed by atoms with Crippen molar-refractivity contribution in [3.8, 4) is 5.75 Å². The Morgan fingerprint density at radius 3 is 2.86 bits per heavy atom. The first-order valence-electron chi connectivity index (χ1n) is 7.07. The number of ether oxygens (including phenoxy) is 1. The maximum absolute atomic E-state index is 12.0. The molecule has 1 unspecified atom stereocenters. The number of hydrogen-bond acceptors (Lipinski definition) is 4. The number of carbonyl (C=O) groups excluding carboxylic acids is 1. The average Bonchev–Trinajstić information content (AvgIpc) is 2.88. The van der Waals surface area contributed by atoms with Crippen LogP contribution < -0.4 is 10.1 Å². The van der Waals surface area contributed by atoms with Crippen LogP contribution in [0.2, 0.25) is 5.02 Å². The maximum Gasteiger partial charge on any atom is 0.260 e. The standard InChI is InChI=1S/C16H19ClN2O2S/c1-10-8-14(4-5-15(10)17)21-11(2)16(20)18-7-6-13-9-22-12(3)19-13/h4-5,8-9,11H,6-7H2,1-3H3,(H,18,20). The van der Waals surface area contributed by atoms with Gasteiger partial charge in [-0.2, -0.15) is 0 Å². The van der Waals surface area contributed by atoms with Crippen molar-refractivity contribution in [3.63, 3.8) is 0 Å². The summed E-state index contributed by atoms with van der Waals surface area (Å²) >= 11 is 7.58. The third-order valence-corrected chi connectivity index (χ3v) is 4.40. The Kier molecular flexibility index (Phi) is 5.80. The van der Waals surface area contributed by atoms with Crippen LogP contribution in [0.3, 0.4) is 0 Å². The Hall–Kier alpha value is -1.59. The highest BCUT2D eigenvalue weighted by molar-refractivity contribution is 7.09. The van der Waals surface area contributed by atoms with E-state index in [-0.39, 0.29) is 5.91 Å². The SMILES string of the molecule is Cc1nc(CCNC(=O)C(C)Oc2ccc(Cl)c(C)c2)cs1. The number of hydrogen-bond donors (Lipinski definition) is 1. The Labute approximate surface area is 139 Å². The molecule has 1 aromatic carbocycles. The van der Waals surface area contributed by atoms with E-state index < -0.39 is 6.10 Å². The molecular weight excluding hydrogens is 320 g/mol. The number of benzene rings is 1. The molecule has 0 aliphatic rings. The van der Waals surface area contributed by atoms with Gasteiger partial charge in [0.1, 0.15) is 5.75 Å². The molecule has 0 spiro atoms. The van der Waals surface area contributed by atoms with Gasteiger partial charge in [0.05, 0.1) is 10.7 Å². The monoisotopic (exact) mass is 338 g/mol. The molecule has 22 heavy (non-hydrogen) atoms. The van der Waals surface area contributed by atoms with Crippen LogP contribution in [0.1, 0.15) is 23.2 Å². The van der Waals surface area contributed by atoms with E-state index in [2.05, 4.69) is 10.3 Å². The van der Waals surface area contributed by atoms with Gasteiger partial charge in [-0.1, -0.05) is 11.6 Å². The molecule has 1 N–H and O–H groups in total. The maximum atomic E-state index is 12.0. The number of thiazole rings is 1. The Balaban J connectivity index is 1.80. The summed E-state index contributed by atoms with van der Waals surface area (Å²) in [5.41, 5.74) is 1.93. The zero-order valence-electron chi connectivity index (χ0n) is 12.9. The van der Waals surface area contributed by atoms with Crippen LogP contribution in [0.4, 0.5) is 0 Å². The fourth-order valence-corrected chi connectivity index (χ4v) is 2.69. The molecule has 1 heterocycles. The normalized spacial score (nSPS) is 12.0. The van der Waals surface area contributed by atoms with E-state index in [1.54, 1.807) is 30.4 Å². The number of aromatic nitrogens is 1. The van der Waals surface area contributed by atoms with Crippen molar-refractivity contribution in [2.75, 3.05) is 6.54 Å². The molecule has 0 bridgehead atoms. The summed E-state index contributed by atoms with van der Waals surface area (Å²) in [6, 6.07) is 5.35. The van der Waals surface area contributed by atoms with Gasteiger partial charge in [-0.25, -0.2) is 4.98 Å². The summed E-state index contributed by atoms with van der Waals surface area (Å²) in [6.07, 6.45) is 0.167. The van der Waals surface area contributed by atoms with Crippen molar-refractivity contribution in [2.24, 2.45) is 0 Å². The molecule has 1 aromatic heterocycles. The second kappa shape index (κ2) is 7.61. The second-order valence-electron chi connectivity index (χ2n) is 5.07. The van der Waals surface area contributed by atoms with Gasteiger partial charge in [0.2, 0.25) is 0 Å². The van der Waals surface area contributed by atoms with Crippen LogP contribution in [0, 0.1) is 13.8 Å². The van der Waals surface area contributed by atoms with E-state index in [1.807, 2.05) is 25.3 Å².